The van der Waals surface area contributed by atoms with Crippen LogP contribution < -0.4 is 0 Å². The molecule has 17 heavy (non-hydrogen) atoms. The second kappa shape index (κ2) is 5.96. The van der Waals surface area contributed by atoms with Crippen LogP contribution in [0.2, 0.25) is 0 Å². The first-order valence-electron chi connectivity index (χ1n) is 7.08. The summed E-state index contributed by atoms with van der Waals surface area (Å²) in [4.78, 5) is 16.6. The molecule has 0 N–H and O–H groups in total. The van der Waals surface area contributed by atoms with Crippen molar-refractivity contribution >= 4 is 5.78 Å². The van der Waals surface area contributed by atoms with Gasteiger partial charge >= 0.3 is 0 Å². The second-order valence-corrected chi connectivity index (χ2v) is 5.91. The van der Waals surface area contributed by atoms with Crippen molar-refractivity contribution in [2.75, 3.05) is 33.7 Å². The van der Waals surface area contributed by atoms with Crippen molar-refractivity contribution in [3.8, 4) is 0 Å². The van der Waals surface area contributed by atoms with Gasteiger partial charge in [-0.15, -0.1) is 0 Å². The molecule has 0 bridgehead atoms. The van der Waals surface area contributed by atoms with Gasteiger partial charge in [-0.25, -0.2) is 0 Å². The first-order valence-corrected chi connectivity index (χ1v) is 7.08. The molecule has 1 heterocycles. The summed E-state index contributed by atoms with van der Waals surface area (Å²) in [5.74, 6) is 0.823. The molecule has 0 spiro atoms. The summed E-state index contributed by atoms with van der Waals surface area (Å²) >= 11 is 0. The predicted octanol–water partition coefficient (Wildman–Crippen LogP) is 1.77. The van der Waals surface area contributed by atoms with Gasteiger partial charge in [0.2, 0.25) is 0 Å². The zero-order valence-electron chi connectivity index (χ0n) is 11.3. The molecule has 2 atom stereocenters. The fourth-order valence-corrected chi connectivity index (χ4v) is 3.27. The molecule has 2 rings (SSSR count). The van der Waals surface area contributed by atoms with Crippen molar-refractivity contribution in [3.05, 3.63) is 0 Å². The lowest BCUT2D eigenvalue weighted by Crippen LogP contribution is -2.40. The number of likely N-dealkylation sites (N-methyl/N-ethyl adjacent to an activating group) is 2. The predicted molar refractivity (Wildman–Crippen MR) is 70.1 cm³/mol. The molecule has 1 saturated carbocycles. The zero-order valence-corrected chi connectivity index (χ0v) is 11.3. The Morgan fingerprint density at radius 3 is 2.71 bits per heavy atom. The molecule has 2 unspecified atom stereocenters. The standard InChI is InChI=1S/C14H26N2O/c1-15(11-13-7-5-9-16(13)2)10-12-6-3-4-8-14(12)17/h12-13H,3-11H2,1-2H3. The monoisotopic (exact) mass is 238 g/mol. The van der Waals surface area contributed by atoms with Gasteiger partial charge in [0.05, 0.1) is 0 Å². The summed E-state index contributed by atoms with van der Waals surface area (Å²) in [7, 11) is 4.39. The van der Waals surface area contributed by atoms with E-state index in [1.165, 1.54) is 25.8 Å². The highest BCUT2D eigenvalue weighted by atomic mass is 16.1. The molecule has 1 saturated heterocycles. The van der Waals surface area contributed by atoms with E-state index in [1.807, 2.05) is 0 Å². The van der Waals surface area contributed by atoms with Crippen LogP contribution in [-0.4, -0.2) is 55.4 Å². The third-order valence-corrected chi connectivity index (χ3v) is 4.41. The average molecular weight is 238 g/mol. The maximum atomic E-state index is 11.8. The quantitative estimate of drug-likeness (QED) is 0.746. The molecule has 0 aromatic heterocycles. The molecule has 1 aliphatic heterocycles. The Bertz CT molecular complexity index is 267. The van der Waals surface area contributed by atoms with E-state index in [4.69, 9.17) is 0 Å². The van der Waals surface area contributed by atoms with Crippen molar-refractivity contribution in [3.63, 3.8) is 0 Å². The van der Waals surface area contributed by atoms with Crippen LogP contribution in [0.3, 0.4) is 0 Å². The van der Waals surface area contributed by atoms with Gasteiger partial charge in [-0.1, -0.05) is 6.42 Å². The molecule has 98 valence electrons. The summed E-state index contributed by atoms with van der Waals surface area (Å²) in [6, 6.07) is 0.707. The smallest absolute Gasteiger partial charge is 0.137 e. The molecular formula is C14H26N2O. The highest BCUT2D eigenvalue weighted by Gasteiger charge is 2.26. The van der Waals surface area contributed by atoms with Gasteiger partial charge in [0.15, 0.2) is 0 Å². The Balaban J connectivity index is 1.76. The van der Waals surface area contributed by atoms with Crippen LogP contribution in [0.1, 0.15) is 38.5 Å². The normalized spacial score (nSPS) is 31.4. The summed E-state index contributed by atoms with van der Waals surface area (Å²) in [6.45, 7) is 3.34. The van der Waals surface area contributed by atoms with Crippen molar-refractivity contribution < 1.29 is 4.79 Å². The minimum Gasteiger partial charge on any atom is -0.304 e. The van der Waals surface area contributed by atoms with E-state index in [0.717, 1.165) is 32.4 Å². The van der Waals surface area contributed by atoms with Gasteiger partial charge < -0.3 is 9.80 Å². The van der Waals surface area contributed by atoms with Crippen LogP contribution in [0.5, 0.6) is 0 Å². The lowest BCUT2D eigenvalue weighted by Gasteiger charge is -2.29. The van der Waals surface area contributed by atoms with Crippen LogP contribution in [0.4, 0.5) is 0 Å². The van der Waals surface area contributed by atoms with Crippen molar-refractivity contribution in [2.45, 2.75) is 44.6 Å². The number of carbonyl (C=O) groups is 1. The average Bonchev–Trinajstić information content (AvgIpc) is 2.68. The van der Waals surface area contributed by atoms with Gasteiger partial charge in [0, 0.05) is 31.5 Å². The third kappa shape index (κ3) is 3.52. The Hall–Kier alpha value is -0.410. The van der Waals surface area contributed by atoms with Crippen LogP contribution in [0.25, 0.3) is 0 Å². The second-order valence-electron chi connectivity index (χ2n) is 5.91. The molecule has 2 aliphatic rings. The number of nitrogens with zero attached hydrogens (tertiary/aromatic N) is 2. The number of likely N-dealkylation sites (tertiary alicyclic amines) is 1. The van der Waals surface area contributed by atoms with E-state index in [2.05, 4.69) is 23.9 Å². The molecule has 0 aromatic rings. The zero-order chi connectivity index (χ0) is 12.3. The van der Waals surface area contributed by atoms with Crippen molar-refractivity contribution in [1.29, 1.82) is 0 Å². The summed E-state index contributed by atoms with van der Waals surface area (Å²) in [6.07, 6.45) is 6.94. The number of Topliss-reactive ketones (excluding diaryl/α,β-unsaturated/α-hetero) is 1. The summed E-state index contributed by atoms with van der Waals surface area (Å²) in [5.41, 5.74) is 0. The van der Waals surface area contributed by atoms with Crippen molar-refractivity contribution in [1.82, 2.24) is 9.80 Å². The molecule has 0 aromatic carbocycles. The minimum absolute atomic E-state index is 0.320. The Kier molecular flexibility index (Phi) is 4.57. The number of carbonyl (C=O) groups excluding carboxylic acids is 1. The maximum Gasteiger partial charge on any atom is 0.137 e. The van der Waals surface area contributed by atoms with Gasteiger partial charge in [0.25, 0.3) is 0 Å². The van der Waals surface area contributed by atoms with Gasteiger partial charge in [-0.2, -0.15) is 0 Å². The van der Waals surface area contributed by atoms with Crippen molar-refractivity contribution in [2.24, 2.45) is 5.92 Å². The molecule has 0 radical (unpaired) electrons. The first kappa shape index (κ1) is 13.0. The summed E-state index contributed by atoms with van der Waals surface area (Å²) < 4.78 is 0. The van der Waals surface area contributed by atoms with Crippen LogP contribution in [-0.2, 0) is 4.79 Å². The maximum absolute atomic E-state index is 11.8. The molecular weight excluding hydrogens is 212 g/mol. The fourth-order valence-electron chi connectivity index (χ4n) is 3.27. The molecule has 3 heteroatoms. The fraction of sp³-hybridized carbons (Fsp3) is 0.929. The van der Waals surface area contributed by atoms with Gasteiger partial charge in [-0.05, 0) is 46.3 Å². The number of ketones is 1. The number of hydrogen-bond acceptors (Lipinski definition) is 3. The van der Waals surface area contributed by atoms with E-state index >= 15 is 0 Å². The Morgan fingerprint density at radius 2 is 2.06 bits per heavy atom. The SMILES string of the molecule is CN(CC1CCCCC1=O)CC1CCCN1C. The number of hydrogen-bond donors (Lipinski definition) is 0. The molecule has 3 nitrogen and oxygen atoms in total. The van der Waals surface area contributed by atoms with Gasteiger partial charge in [-0.3, -0.25) is 4.79 Å². The molecule has 0 amide bonds. The van der Waals surface area contributed by atoms with E-state index < -0.39 is 0 Å². The highest BCUT2D eigenvalue weighted by molar-refractivity contribution is 5.81. The van der Waals surface area contributed by atoms with E-state index in [-0.39, 0.29) is 0 Å². The Morgan fingerprint density at radius 1 is 1.24 bits per heavy atom. The molecule has 1 aliphatic carbocycles. The topological polar surface area (TPSA) is 23.6 Å². The lowest BCUT2D eigenvalue weighted by atomic mass is 9.87. The Labute approximate surface area is 105 Å². The summed E-state index contributed by atoms with van der Waals surface area (Å²) in [5, 5.41) is 0. The van der Waals surface area contributed by atoms with Crippen LogP contribution >= 0.6 is 0 Å². The highest BCUT2D eigenvalue weighted by Crippen LogP contribution is 2.22. The number of rotatable bonds is 4. The van der Waals surface area contributed by atoms with E-state index in [1.54, 1.807) is 0 Å². The first-order chi connectivity index (χ1) is 8.16. The van der Waals surface area contributed by atoms with Crippen LogP contribution in [0.15, 0.2) is 0 Å². The van der Waals surface area contributed by atoms with Crippen LogP contribution in [0, 0.1) is 5.92 Å². The third-order valence-electron chi connectivity index (χ3n) is 4.41. The van der Waals surface area contributed by atoms with E-state index in [0.29, 0.717) is 17.7 Å². The lowest BCUT2D eigenvalue weighted by molar-refractivity contribution is -0.125. The van der Waals surface area contributed by atoms with Gasteiger partial charge in [0.1, 0.15) is 5.78 Å². The minimum atomic E-state index is 0.320. The largest absolute Gasteiger partial charge is 0.304 e. The molecule has 2 fully saturated rings. The van der Waals surface area contributed by atoms with E-state index in [9.17, 15) is 4.79 Å².